The van der Waals surface area contributed by atoms with E-state index in [1.165, 1.54) is 21.3 Å². The van der Waals surface area contributed by atoms with Crippen LogP contribution in [0.15, 0.2) is 60.7 Å². The Morgan fingerprint density at radius 1 is 1.00 bits per heavy atom. The average Bonchev–Trinajstić information content (AvgIpc) is 2.95. The molecule has 5 nitrogen and oxygen atoms in total. The van der Waals surface area contributed by atoms with Gasteiger partial charge in [0.25, 0.3) is 0 Å². The van der Waals surface area contributed by atoms with Crippen molar-refractivity contribution in [1.29, 1.82) is 0 Å². The van der Waals surface area contributed by atoms with Gasteiger partial charge < -0.3 is 0 Å². The predicted octanol–water partition coefficient (Wildman–Crippen LogP) is 8.85. The number of rotatable bonds is 7. The Balaban J connectivity index is 1.31. The summed E-state index contributed by atoms with van der Waals surface area (Å²) in [5, 5.41) is -0.369. The first-order chi connectivity index (χ1) is 19.5. The minimum absolute atomic E-state index is 0.0596. The number of fused-ring (bicyclic) bond motifs is 1. The van der Waals surface area contributed by atoms with Gasteiger partial charge >= 0.3 is 241 Å². The van der Waals surface area contributed by atoms with Gasteiger partial charge in [-0.05, 0) is 0 Å². The topological polar surface area (TPSA) is 63.7 Å². The monoisotopic (exact) mass is 923 g/mol. The van der Waals surface area contributed by atoms with Gasteiger partial charge in [0, 0.05) is 0 Å². The van der Waals surface area contributed by atoms with E-state index >= 15 is 0 Å². The van der Waals surface area contributed by atoms with E-state index < -0.39 is 51.4 Å². The van der Waals surface area contributed by atoms with Crippen molar-refractivity contribution in [3.63, 3.8) is 0 Å². The van der Waals surface area contributed by atoms with E-state index in [1.54, 1.807) is 24.3 Å². The van der Waals surface area contributed by atoms with E-state index in [1.807, 2.05) is 18.2 Å². The van der Waals surface area contributed by atoms with Gasteiger partial charge in [0.2, 0.25) is 0 Å². The normalized spacial score (nSPS) is 17.9. The van der Waals surface area contributed by atoms with Crippen LogP contribution in [0.4, 0.5) is 18.0 Å². The molecule has 0 spiro atoms. The summed E-state index contributed by atoms with van der Waals surface area (Å²) in [4.78, 5) is 40.1. The van der Waals surface area contributed by atoms with Crippen molar-refractivity contribution in [3.8, 4) is 5.75 Å². The van der Waals surface area contributed by atoms with Crippen LogP contribution < -0.4 is 4.74 Å². The summed E-state index contributed by atoms with van der Waals surface area (Å²) < 4.78 is 50.3. The number of alkyl halides is 6. The zero-order valence-electron chi connectivity index (χ0n) is 21.4. The Hall–Kier alpha value is -1.46. The minimum atomic E-state index is -4.56. The molecule has 5 rings (SSSR count). The Labute approximate surface area is 268 Å². The fourth-order valence-corrected chi connectivity index (χ4v) is 19.3. The molecule has 0 atom stereocenters. The molecular weight excluding hydrogens is 899 g/mol. The maximum atomic E-state index is 13.9. The molecule has 0 radical (unpaired) electrons. The van der Waals surface area contributed by atoms with Gasteiger partial charge in [0.15, 0.2) is 0 Å². The van der Waals surface area contributed by atoms with Crippen LogP contribution in [0.5, 0.6) is 5.75 Å². The molecular formula is C29H24ClF3I3NO4. The average molecular weight is 924 g/mol. The third kappa shape index (κ3) is 7.03. The van der Waals surface area contributed by atoms with Crippen molar-refractivity contribution < 1.29 is 32.3 Å². The SMILES string of the molecule is O=CI1CCC(I2C(=O)N(Cc3ccc(OCc4ccc(Cl)c(C(F)(F)F)c4)cc3)C(=O)c3ccc(I)cc32)CC1. The molecule has 1 saturated heterocycles. The predicted molar refractivity (Wildman–Crippen MR) is 178 cm³/mol. The molecule has 1 fully saturated rings. The summed E-state index contributed by atoms with van der Waals surface area (Å²) in [7, 11) is 0. The first-order valence-electron chi connectivity index (χ1n) is 12.5. The van der Waals surface area contributed by atoms with Crippen LogP contribution in [-0.2, 0) is 24.1 Å². The van der Waals surface area contributed by atoms with Gasteiger partial charge in [-0.2, -0.15) is 13.2 Å². The van der Waals surface area contributed by atoms with Crippen molar-refractivity contribution in [2.45, 2.75) is 36.1 Å². The van der Waals surface area contributed by atoms with E-state index in [2.05, 4.69) is 22.6 Å². The van der Waals surface area contributed by atoms with Crippen molar-refractivity contribution >= 4 is 87.9 Å². The van der Waals surface area contributed by atoms with Gasteiger partial charge in [-0.25, -0.2) is 0 Å². The van der Waals surface area contributed by atoms with Crippen molar-refractivity contribution in [2.24, 2.45) is 0 Å². The standard InChI is InChI=1S/C29H24ClF3I3NO4/c30-25-8-3-19(13-24(25)29(31,32)33)16-41-22-5-1-18(2-6-22)15-37-27(39)23-7-4-20(34)14-26(23)36(28(37)40)21-9-11-35(17-38)12-10-21/h1-8,13-14,17,21H,9-12,15-16H2. The van der Waals surface area contributed by atoms with E-state index in [0.29, 0.717) is 16.9 Å². The van der Waals surface area contributed by atoms with Gasteiger partial charge in [-0.15, -0.1) is 0 Å². The molecule has 0 aromatic heterocycles. The van der Waals surface area contributed by atoms with Crippen molar-refractivity contribution in [3.05, 3.63) is 95.1 Å². The number of carbonyl (C=O) groups is 3. The third-order valence-electron chi connectivity index (χ3n) is 6.78. The van der Waals surface area contributed by atoms with Crippen LogP contribution >= 0.6 is 73.8 Å². The Kier molecular flexibility index (Phi) is 9.85. The second-order valence-corrected chi connectivity index (χ2v) is 22.3. The molecule has 0 aliphatic carbocycles. The maximum absolute atomic E-state index is 13.9. The summed E-state index contributed by atoms with van der Waals surface area (Å²) in [5.41, 5.74) is 0.759. The Morgan fingerprint density at radius 2 is 1.68 bits per heavy atom. The van der Waals surface area contributed by atoms with E-state index in [9.17, 15) is 27.6 Å². The van der Waals surface area contributed by atoms with Crippen molar-refractivity contribution in [2.75, 3.05) is 8.86 Å². The van der Waals surface area contributed by atoms with Crippen LogP contribution in [0.3, 0.4) is 0 Å². The first kappa shape index (κ1) is 31.0. The van der Waals surface area contributed by atoms with Gasteiger partial charge in [-0.3, -0.25) is 0 Å². The Morgan fingerprint density at radius 3 is 2.34 bits per heavy atom. The summed E-state index contributed by atoms with van der Waals surface area (Å²) >= 11 is 3.92. The number of amides is 2. The van der Waals surface area contributed by atoms with Crippen LogP contribution in [0.25, 0.3) is 0 Å². The fourth-order valence-electron chi connectivity index (χ4n) is 4.67. The molecule has 2 heterocycles. The molecule has 218 valence electrons. The van der Waals surface area contributed by atoms with Crippen LogP contribution in [0.1, 0.15) is 39.9 Å². The molecule has 41 heavy (non-hydrogen) atoms. The number of halogens is 7. The summed E-state index contributed by atoms with van der Waals surface area (Å²) in [5.74, 6) is 0.147. The number of hydrogen-bond acceptors (Lipinski definition) is 4. The zero-order chi connectivity index (χ0) is 29.3. The van der Waals surface area contributed by atoms with E-state index in [0.717, 1.165) is 40.5 Å². The molecule has 0 N–H and O–H groups in total. The molecule has 0 unspecified atom stereocenters. The quantitative estimate of drug-likeness (QED) is 0.0782. The second kappa shape index (κ2) is 13.0. The molecule has 3 aromatic rings. The number of imide groups is 1. The zero-order valence-corrected chi connectivity index (χ0v) is 28.6. The number of ether oxygens (including phenoxy) is 1. The van der Waals surface area contributed by atoms with Crippen LogP contribution in [0, 0.1) is 7.14 Å². The molecule has 2 aliphatic heterocycles. The van der Waals surface area contributed by atoms with E-state index in [4.69, 9.17) is 16.3 Å². The number of hydrogen-bond donors (Lipinski definition) is 0. The Bertz CT molecular complexity index is 1480. The fraction of sp³-hybridized carbons (Fsp3) is 0.276. The number of nitrogens with zero attached hydrogens (tertiary/aromatic N) is 1. The number of benzene rings is 3. The second-order valence-electron chi connectivity index (χ2n) is 9.46. The molecule has 0 saturated carbocycles. The summed E-state index contributed by atoms with van der Waals surface area (Å²) in [6.07, 6.45) is -2.79. The van der Waals surface area contributed by atoms with Crippen LogP contribution in [-0.4, -0.2) is 31.8 Å². The first-order valence-corrected chi connectivity index (χ1v) is 21.7. The molecule has 0 bridgehead atoms. The molecule has 3 aromatic carbocycles. The third-order valence-corrected chi connectivity index (χ3v) is 19.2. The number of carbonyl (C=O) groups excluding carboxylic acids is 3. The van der Waals surface area contributed by atoms with Gasteiger partial charge in [0.05, 0.1) is 5.02 Å². The molecule has 2 amide bonds. The van der Waals surface area contributed by atoms with Crippen LogP contribution in [0.2, 0.25) is 5.02 Å². The molecule has 2 aliphatic rings. The van der Waals surface area contributed by atoms with Gasteiger partial charge in [0.1, 0.15) is 0 Å². The van der Waals surface area contributed by atoms with Gasteiger partial charge in [-0.1, -0.05) is 11.6 Å². The van der Waals surface area contributed by atoms with Crippen molar-refractivity contribution in [1.82, 2.24) is 4.90 Å². The molecule has 12 heteroatoms. The summed E-state index contributed by atoms with van der Waals surface area (Å²) in [6, 6.07) is 16.2. The summed E-state index contributed by atoms with van der Waals surface area (Å²) in [6.45, 7) is 0.0465. The van der Waals surface area contributed by atoms with E-state index in [-0.39, 0.29) is 31.9 Å².